The first-order chi connectivity index (χ1) is 16.6. The first kappa shape index (κ1) is 23.3. The van der Waals surface area contributed by atoms with E-state index in [1.165, 1.54) is 22.3 Å². The summed E-state index contributed by atoms with van der Waals surface area (Å²) in [4.78, 5) is 15.1. The summed E-state index contributed by atoms with van der Waals surface area (Å²) in [6.07, 6.45) is 3.35. The molecule has 0 spiro atoms. The molecule has 1 amide bonds. The van der Waals surface area contributed by atoms with Crippen LogP contribution in [0.4, 0.5) is 4.79 Å². The highest BCUT2D eigenvalue weighted by molar-refractivity contribution is 5.79. The van der Waals surface area contributed by atoms with Crippen LogP contribution in [0.3, 0.4) is 0 Å². The minimum absolute atomic E-state index is 0.0304. The Morgan fingerprint density at radius 1 is 0.941 bits per heavy atom. The van der Waals surface area contributed by atoms with Gasteiger partial charge in [-0.25, -0.2) is 4.79 Å². The van der Waals surface area contributed by atoms with Gasteiger partial charge in [-0.05, 0) is 61.3 Å². The first-order valence-electron chi connectivity index (χ1n) is 12.6. The highest BCUT2D eigenvalue weighted by atomic mass is 16.6. The van der Waals surface area contributed by atoms with Gasteiger partial charge >= 0.3 is 6.09 Å². The van der Waals surface area contributed by atoms with Crippen LogP contribution in [0, 0.1) is 0 Å². The number of hydrogen-bond donors (Lipinski definition) is 1. The topological polar surface area (TPSA) is 68.2 Å². The van der Waals surface area contributed by atoms with Crippen LogP contribution in [0.25, 0.3) is 11.1 Å². The van der Waals surface area contributed by atoms with Crippen molar-refractivity contribution in [2.75, 3.05) is 33.0 Å². The Balaban J connectivity index is 1.18. The third kappa shape index (κ3) is 4.59. The number of carbonyl (C=O) groups excluding carboxylic acids is 1. The fourth-order valence-electron chi connectivity index (χ4n) is 6.12. The van der Waals surface area contributed by atoms with E-state index < -0.39 is 5.60 Å². The number of piperidine rings is 1. The number of carbonyl (C=O) groups is 1. The quantitative estimate of drug-likeness (QED) is 0.542. The largest absolute Gasteiger partial charge is 0.448 e. The SMILES string of the molecule is CCOCCOCCC1(O)CC2CCC(C1)N2C(=O)OCC1c2ccccc2-c2ccccc21. The molecule has 0 aromatic heterocycles. The lowest BCUT2D eigenvalue weighted by Gasteiger charge is -2.43. The summed E-state index contributed by atoms with van der Waals surface area (Å²) in [5, 5.41) is 11.2. The molecule has 2 unspecified atom stereocenters. The predicted molar refractivity (Wildman–Crippen MR) is 130 cm³/mol. The number of rotatable bonds is 9. The maximum atomic E-state index is 13.2. The Morgan fingerprint density at radius 3 is 2.15 bits per heavy atom. The van der Waals surface area contributed by atoms with Crippen LogP contribution in [0.1, 0.15) is 56.1 Å². The van der Waals surface area contributed by atoms with Gasteiger partial charge in [0.15, 0.2) is 0 Å². The van der Waals surface area contributed by atoms with Gasteiger partial charge in [0.25, 0.3) is 0 Å². The van der Waals surface area contributed by atoms with Crippen molar-refractivity contribution in [3.63, 3.8) is 0 Å². The van der Waals surface area contributed by atoms with Crippen LogP contribution >= 0.6 is 0 Å². The molecule has 34 heavy (non-hydrogen) atoms. The predicted octanol–water partition coefficient (Wildman–Crippen LogP) is 4.74. The van der Waals surface area contributed by atoms with Crippen molar-refractivity contribution in [3.05, 3.63) is 59.7 Å². The zero-order chi connectivity index (χ0) is 23.5. The van der Waals surface area contributed by atoms with Crippen molar-refractivity contribution in [2.45, 2.75) is 62.6 Å². The number of ether oxygens (including phenoxy) is 3. The van der Waals surface area contributed by atoms with Gasteiger partial charge in [-0.15, -0.1) is 0 Å². The second-order valence-corrected chi connectivity index (χ2v) is 9.79. The number of fused-ring (bicyclic) bond motifs is 5. The van der Waals surface area contributed by atoms with Crippen molar-refractivity contribution < 1.29 is 24.1 Å². The van der Waals surface area contributed by atoms with E-state index in [1.54, 1.807) is 0 Å². The molecule has 1 N–H and O–H groups in total. The molecule has 0 saturated carbocycles. The molecule has 182 valence electrons. The Morgan fingerprint density at radius 2 is 1.53 bits per heavy atom. The molecule has 5 rings (SSSR count). The molecule has 2 fully saturated rings. The maximum Gasteiger partial charge on any atom is 0.410 e. The molecule has 2 saturated heterocycles. The van der Waals surface area contributed by atoms with Gasteiger partial charge in [0.05, 0.1) is 18.8 Å². The van der Waals surface area contributed by atoms with Gasteiger partial charge < -0.3 is 24.2 Å². The van der Waals surface area contributed by atoms with E-state index in [0.29, 0.717) is 52.3 Å². The molecule has 6 nitrogen and oxygen atoms in total. The molecule has 0 radical (unpaired) electrons. The monoisotopic (exact) mass is 465 g/mol. The fraction of sp³-hybridized carbons (Fsp3) is 0.536. The Hall–Kier alpha value is -2.41. The van der Waals surface area contributed by atoms with Crippen molar-refractivity contribution in [2.24, 2.45) is 0 Å². The van der Waals surface area contributed by atoms with E-state index in [-0.39, 0.29) is 24.1 Å². The summed E-state index contributed by atoms with van der Waals surface area (Å²) in [5.41, 5.74) is 4.11. The normalized spacial score (nSPS) is 25.3. The first-order valence-corrected chi connectivity index (χ1v) is 12.6. The smallest absolute Gasteiger partial charge is 0.410 e. The standard InChI is InChI=1S/C28H35NO5/c1-2-32-15-16-33-14-13-28(31)17-20-11-12-21(18-28)29(20)27(30)34-19-26-24-9-5-3-7-22(24)23-8-4-6-10-25(23)26/h3-10,20-21,26,31H,2,11-19H2,1H3. The zero-order valence-electron chi connectivity index (χ0n) is 19.9. The summed E-state index contributed by atoms with van der Waals surface area (Å²) in [6, 6.07) is 16.8. The average Bonchev–Trinajstić information content (AvgIpc) is 3.32. The summed E-state index contributed by atoms with van der Waals surface area (Å²) >= 11 is 0. The molecule has 2 aromatic rings. The highest BCUT2D eigenvalue weighted by Crippen LogP contribution is 2.45. The maximum absolute atomic E-state index is 13.2. The number of aliphatic hydroxyl groups is 1. The minimum atomic E-state index is -0.780. The summed E-state index contributed by atoms with van der Waals surface area (Å²) in [6.45, 7) is 4.61. The summed E-state index contributed by atoms with van der Waals surface area (Å²) in [7, 11) is 0. The van der Waals surface area contributed by atoms with Crippen LogP contribution in [0.5, 0.6) is 0 Å². The van der Waals surface area contributed by atoms with Crippen LogP contribution < -0.4 is 0 Å². The Kier molecular flexibility index (Phi) is 6.91. The van der Waals surface area contributed by atoms with Crippen molar-refractivity contribution in [3.8, 4) is 11.1 Å². The lowest BCUT2D eigenvalue weighted by atomic mass is 9.84. The molecule has 2 heterocycles. The lowest BCUT2D eigenvalue weighted by molar-refractivity contribution is -0.0692. The van der Waals surface area contributed by atoms with Crippen molar-refractivity contribution >= 4 is 6.09 Å². The van der Waals surface area contributed by atoms with Gasteiger partial charge in [-0.1, -0.05) is 48.5 Å². The number of amides is 1. The van der Waals surface area contributed by atoms with E-state index in [9.17, 15) is 9.90 Å². The van der Waals surface area contributed by atoms with Gasteiger partial charge in [0.2, 0.25) is 0 Å². The second-order valence-electron chi connectivity index (χ2n) is 9.79. The molecule has 2 atom stereocenters. The Bertz CT molecular complexity index is 948. The molecule has 6 heteroatoms. The lowest BCUT2D eigenvalue weighted by Crippen LogP contribution is -2.53. The number of nitrogens with zero attached hydrogens (tertiary/aromatic N) is 1. The molecule has 1 aliphatic carbocycles. The van der Waals surface area contributed by atoms with Gasteiger partial charge in [0, 0.05) is 31.2 Å². The molecule has 2 aromatic carbocycles. The molecule has 3 aliphatic rings. The van der Waals surface area contributed by atoms with Crippen LogP contribution in [-0.4, -0.2) is 66.8 Å². The Labute approximate surface area is 201 Å². The molecular weight excluding hydrogens is 430 g/mol. The average molecular weight is 466 g/mol. The minimum Gasteiger partial charge on any atom is -0.448 e. The fourth-order valence-corrected chi connectivity index (χ4v) is 6.12. The molecular formula is C28H35NO5. The summed E-state index contributed by atoms with van der Waals surface area (Å²) < 4.78 is 16.9. The molecule has 2 bridgehead atoms. The highest BCUT2D eigenvalue weighted by Gasteiger charge is 2.49. The van der Waals surface area contributed by atoms with Gasteiger partial charge in [-0.2, -0.15) is 0 Å². The van der Waals surface area contributed by atoms with Gasteiger partial charge in [-0.3, -0.25) is 0 Å². The van der Waals surface area contributed by atoms with Crippen LogP contribution in [0.2, 0.25) is 0 Å². The van der Waals surface area contributed by atoms with Crippen molar-refractivity contribution in [1.82, 2.24) is 4.90 Å². The molecule has 2 aliphatic heterocycles. The number of benzene rings is 2. The van der Waals surface area contributed by atoms with E-state index in [2.05, 4.69) is 36.4 Å². The second kappa shape index (κ2) is 10.1. The van der Waals surface area contributed by atoms with E-state index in [4.69, 9.17) is 14.2 Å². The van der Waals surface area contributed by atoms with E-state index >= 15 is 0 Å². The van der Waals surface area contributed by atoms with Crippen LogP contribution in [-0.2, 0) is 14.2 Å². The number of hydrogen-bond acceptors (Lipinski definition) is 5. The van der Waals surface area contributed by atoms with Crippen LogP contribution in [0.15, 0.2) is 48.5 Å². The van der Waals surface area contributed by atoms with E-state index in [0.717, 1.165) is 12.8 Å². The van der Waals surface area contributed by atoms with Crippen molar-refractivity contribution in [1.29, 1.82) is 0 Å². The van der Waals surface area contributed by atoms with Gasteiger partial charge in [0.1, 0.15) is 6.61 Å². The van der Waals surface area contributed by atoms with E-state index in [1.807, 2.05) is 24.0 Å². The third-order valence-electron chi connectivity index (χ3n) is 7.69. The third-order valence-corrected chi connectivity index (χ3v) is 7.69. The zero-order valence-corrected chi connectivity index (χ0v) is 19.9. The summed E-state index contributed by atoms with van der Waals surface area (Å²) in [5.74, 6) is 0.0598.